The van der Waals surface area contributed by atoms with Crippen LogP contribution in [0.2, 0.25) is 0 Å². The van der Waals surface area contributed by atoms with Gasteiger partial charge < -0.3 is 9.73 Å². The van der Waals surface area contributed by atoms with Crippen LogP contribution < -0.4 is 10.9 Å². The number of anilines is 1. The zero-order valence-electron chi connectivity index (χ0n) is 15.2. The zero-order chi connectivity index (χ0) is 21.1. The van der Waals surface area contributed by atoms with Crippen LogP contribution in [0.3, 0.4) is 0 Å². The van der Waals surface area contributed by atoms with Gasteiger partial charge in [0.05, 0.1) is 16.2 Å². The molecule has 4 aromatic rings. The molecule has 1 N–H and O–H groups in total. The Kier molecular flexibility index (Phi) is 5.07. The summed E-state index contributed by atoms with van der Waals surface area (Å²) in [5.74, 6) is 0. The average Bonchev–Trinajstić information content (AvgIpc) is 3.24. The van der Waals surface area contributed by atoms with E-state index in [-0.39, 0.29) is 11.3 Å². The number of rotatable bonds is 5. The summed E-state index contributed by atoms with van der Waals surface area (Å²) in [5, 5.41) is 26.0. The first-order chi connectivity index (χ1) is 14.5. The maximum absolute atomic E-state index is 12.3. The number of nitriles is 1. The molecule has 8 nitrogen and oxygen atoms in total. The highest BCUT2D eigenvalue weighted by molar-refractivity contribution is 7.11. The lowest BCUT2D eigenvalue weighted by Gasteiger charge is -2.01. The van der Waals surface area contributed by atoms with E-state index in [1.54, 1.807) is 23.6 Å². The molecule has 0 unspecified atom stereocenters. The molecule has 0 saturated heterocycles. The van der Waals surface area contributed by atoms with E-state index < -0.39 is 10.5 Å². The number of thiazole rings is 1. The number of aromatic nitrogens is 1. The van der Waals surface area contributed by atoms with Crippen LogP contribution in [-0.4, -0.2) is 9.91 Å². The number of benzene rings is 2. The molecule has 0 atom stereocenters. The van der Waals surface area contributed by atoms with Gasteiger partial charge >= 0.3 is 5.63 Å². The third kappa shape index (κ3) is 3.80. The summed E-state index contributed by atoms with van der Waals surface area (Å²) in [7, 11) is 0. The molecule has 0 fully saturated rings. The van der Waals surface area contributed by atoms with Crippen molar-refractivity contribution in [3.63, 3.8) is 0 Å². The van der Waals surface area contributed by atoms with Gasteiger partial charge in [-0.2, -0.15) is 5.26 Å². The van der Waals surface area contributed by atoms with Gasteiger partial charge in [0.15, 0.2) is 0 Å². The summed E-state index contributed by atoms with van der Waals surface area (Å²) in [6.07, 6.45) is 1.46. The second kappa shape index (κ2) is 7.98. The van der Waals surface area contributed by atoms with E-state index in [4.69, 9.17) is 4.42 Å². The van der Waals surface area contributed by atoms with E-state index >= 15 is 0 Å². The molecular formula is C21H12N4O4S. The van der Waals surface area contributed by atoms with E-state index in [2.05, 4.69) is 16.4 Å². The predicted octanol–water partition coefficient (Wildman–Crippen LogP) is 4.80. The van der Waals surface area contributed by atoms with E-state index in [9.17, 15) is 20.2 Å². The molecule has 0 aliphatic carbocycles. The Bertz CT molecular complexity index is 1380. The lowest BCUT2D eigenvalue weighted by Crippen LogP contribution is -2.02. The van der Waals surface area contributed by atoms with Crippen LogP contribution in [0.25, 0.3) is 27.8 Å². The lowest BCUT2D eigenvalue weighted by atomic mass is 10.1. The van der Waals surface area contributed by atoms with Crippen molar-refractivity contribution in [2.75, 3.05) is 5.32 Å². The van der Waals surface area contributed by atoms with Crippen LogP contribution in [0, 0.1) is 21.4 Å². The van der Waals surface area contributed by atoms with Crippen LogP contribution >= 0.6 is 11.3 Å². The van der Waals surface area contributed by atoms with Gasteiger partial charge in [0.25, 0.3) is 5.69 Å². The Labute approximate surface area is 173 Å². The monoisotopic (exact) mass is 416 g/mol. The van der Waals surface area contributed by atoms with Crippen molar-refractivity contribution in [1.82, 2.24) is 4.98 Å². The normalized spacial score (nSPS) is 11.2. The maximum atomic E-state index is 12.3. The number of para-hydroxylation sites is 1. The third-order valence-electron chi connectivity index (χ3n) is 4.23. The van der Waals surface area contributed by atoms with E-state index in [0.717, 1.165) is 5.39 Å². The van der Waals surface area contributed by atoms with E-state index in [0.29, 0.717) is 27.5 Å². The molecule has 0 spiro atoms. The Morgan fingerprint density at radius 3 is 2.73 bits per heavy atom. The van der Waals surface area contributed by atoms with Gasteiger partial charge in [0.2, 0.25) is 0 Å². The number of non-ortho nitro benzene ring substituents is 1. The first-order valence-corrected chi connectivity index (χ1v) is 9.53. The van der Waals surface area contributed by atoms with Crippen molar-refractivity contribution >= 4 is 39.3 Å². The van der Waals surface area contributed by atoms with Crippen molar-refractivity contribution in [2.45, 2.75) is 0 Å². The van der Waals surface area contributed by atoms with Gasteiger partial charge in [-0.25, -0.2) is 9.78 Å². The number of hydrogen-bond donors (Lipinski definition) is 1. The maximum Gasteiger partial charge on any atom is 0.345 e. The summed E-state index contributed by atoms with van der Waals surface area (Å²) in [4.78, 5) is 27.0. The molecule has 0 amide bonds. The first-order valence-electron chi connectivity index (χ1n) is 8.65. The van der Waals surface area contributed by atoms with Gasteiger partial charge in [0, 0.05) is 34.8 Å². The second-order valence-electron chi connectivity index (χ2n) is 6.14. The minimum absolute atomic E-state index is 0.0242. The van der Waals surface area contributed by atoms with Crippen molar-refractivity contribution < 1.29 is 9.34 Å². The summed E-state index contributed by atoms with van der Waals surface area (Å²) < 4.78 is 5.34. The van der Waals surface area contributed by atoms with Gasteiger partial charge in [0.1, 0.15) is 22.2 Å². The van der Waals surface area contributed by atoms with Gasteiger partial charge in [-0.1, -0.05) is 18.2 Å². The topological polar surface area (TPSA) is 122 Å². The lowest BCUT2D eigenvalue weighted by molar-refractivity contribution is -0.384. The van der Waals surface area contributed by atoms with Crippen LogP contribution in [-0.2, 0) is 0 Å². The summed E-state index contributed by atoms with van der Waals surface area (Å²) >= 11 is 1.22. The van der Waals surface area contributed by atoms with Crippen molar-refractivity contribution in [2.24, 2.45) is 0 Å². The van der Waals surface area contributed by atoms with Gasteiger partial charge in [-0.3, -0.25) is 10.1 Å². The summed E-state index contributed by atoms with van der Waals surface area (Å²) in [6.45, 7) is 0. The first kappa shape index (κ1) is 19.0. The number of hydrogen-bond acceptors (Lipinski definition) is 8. The molecular weight excluding hydrogens is 404 g/mol. The SMILES string of the molecule is N#C/C(=C\Nc1ccc([N+](=O)[O-])cc1)c1nc(-c2cc3ccccc3oc2=O)cs1. The molecule has 2 aromatic carbocycles. The Morgan fingerprint density at radius 2 is 2.00 bits per heavy atom. The average molecular weight is 416 g/mol. The number of nitrogens with one attached hydrogen (secondary N) is 1. The Hall–Kier alpha value is -4.29. The minimum Gasteiger partial charge on any atom is -0.422 e. The molecule has 146 valence electrons. The number of nitro benzene ring substituents is 1. The van der Waals surface area contributed by atoms with Crippen LogP contribution in [0.1, 0.15) is 5.01 Å². The predicted molar refractivity (Wildman–Crippen MR) is 114 cm³/mol. The third-order valence-corrected chi connectivity index (χ3v) is 5.11. The molecule has 0 radical (unpaired) electrons. The fourth-order valence-electron chi connectivity index (χ4n) is 2.74. The second-order valence-corrected chi connectivity index (χ2v) is 7.00. The Balaban J connectivity index is 1.61. The van der Waals surface area contributed by atoms with E-state index in [1.807, 2.05) is 12.1 Å². The number of nitrogens with zero attached hydrogens (tertiary/aromatic N) is 3. The van der Waals surface area contributed by atoms with Gasteiger partial charge in [-0.15, -0.1) is 11.3 Å². The molecule has 0 aliphatic rings. The quantitative estimate of drug-likeness (QED) is 0.214. The molecule has 4 rings (SSSR count). The van der Waals surface area contributed by atoms with Crippen molar-refractivity contribution in [3.8, 4) is 17.3 Å². The van der Waals surface area contributed by atoms with Crippen LogP contribution in [0.15, 0.2) is 75.4 Å². The molecule has 2 aromatic heterocycles. The standard InChI is InChI=1S/C21H12N4O4S/c22-10-14(11-23-15-5-7-16(8-6-15)25(27)28)20-24-18(12-30-20)17-9-13-3-1-2-4-19(13)29-21(17)26/h1-9,11-12,23H/b14-11+. The molecule has 2 heterocycles. The van der Waals surface area contributed by atoms with Gasteiger partial charge in [-0.05, 0) is 24.3 Å². The smallest absolute Gasteiger partial charge is 0.345 e. The molecule has 0 saturated carbocycles. The molecule has 30 heavy (non-hydrogen) atoms. The minimum atomic E-state index is -0.503. The zero-order valence-corrected chi connectivity index (χ0v) is 16.1. The fourth-order valence-corrected chi connectivity index (χ4v) is 3.52. The highest BCUT2D eigenvalue weighted by Crippen LogP contribution is 2.26. The van der Waals surface area contributed by atoms with E-state index in [1.165, 1.54) is 41.8 Å². The summed E-state index contributed by atoms with van der Waals surface area (Å²) in [5.41, 5.74) is 1.55. The molecule has 0 aliphatic heterocycles. The fraction of sp³-hybridized carbons (Fsp3) is 0. The van der Waals surface area contributed by atoms with Crippen LogP contribution in [0.5, 0.6) is 0 Å². The molecule has 0 bridgehead atoms. The number of nitro groups is 1. The molecule has 9 heteroatoms. The highest BCUT2D eigenvalue weighted by Gasteiger charge is 2.14. The van der Waals surface area contributed by atoms with Crippen molar-refractivity contribution in [1.29, 1.82) is 5.26 Å². The highest BCUT2D eigenvalue weighted by atomic mass is 32.1. The van der Waals surface area contributed by atoms with Crippen molar-refractivity contribution in [3.05, 3.63) is 91.7 Å². The Morgan fingerprint density at radius 1 is 1.23 bits per heavy atom. The number of allylic oxidation sites excluding steroid dienone is 1. The summed E-state index contributed by atoms with van der Waals surface area (Å²) in [6, 6.07) is 16.8. The largest absolute Gasteiger partial charge is 0.422 e. The number of fused-ring (bicyclic) bond motifs is 1. The van der Waals surface area contributed by atoms with Crippen LogP contribution in [0.4, 0.5) is 11.4 Å².